The molecule has 108 valence electrons. The summed E-state index contributed by atoms with van der Waals surface area (Å²) in [7, 11) is 0. The Balaban J connectivity index is 2.44. The number of hydrogen-bond donors (Lipinski definition) is 2. The normalized spacial score (nSPS) is 16.9. The number of nitro benzene ring substituents is 1. The molecule has 0 amide bonds. The Morgan fingerprint density at radius 3 is 2.55 bits per heavy atom. The Hall–Kier alpha value is -1.89. The van der Waals surface area contributed by atoms with Gasteiger partial charge in [0.05, 0.1) is 9.95 Å². The van der Waals surface area contributed by atoms with Crippen molar-refractivity contribution < 1.29 is 19.2 Å². The molecule has 2 rings (SSSR count). The lowest BCUT2D eigenvalue weighted by Gasteiger charge is -2.26. The topological polar surface area (TPSA) is 92.5 Å². The monoisotopic (exact) mass is 302 g/mol. The number of carboxylic acid groups (broad SMARTS) is 1. The van der Waals surface area contributed by atoms with E-state index in [0.29, 0.717) is 25.7 Å². The van der Waals surface area contributed by atoms with Crippen LogP contribution in [0.15, 0.2) is 12.1 Å². The number of rotatable bonds is 4. The van der Waals surface area contributed by atoms with E-state index in [1.54, 1.807) is 0 Å². The molecule has 1 aromatic carbocycles. The molecule has 6 nitrogen and oxygen atoms in total. The van der Waals surface area contributed by atoms with Gasteiger partial charge in [0, 0.05) is 12.1 Å². The number of nitro groups is 1. The summed E-state index contributed by atoms with van der Waals surface area (Å²) >= 11 is 5.52. The first-order valence-electron chi connectivity index (χ1n) is 6.01. The maximum Gasteiger partial charge on any atom is 0.329 e. The first-order chi connectivity index (χ1) is 9.35. The molecule has 1 saturated carbocycles. The van der Waals surface area contributed by atoms with E-state index in [2.05, 4.69) is 5.32 Å². The van der Waals surface area contributed by atoms with Crippen LogP contribution < -0.4 is 5.32 Å². The number of benzene rings is 1. The minimum Gasteiger partial charge on any atom is -0.480 e. The zero-order valence-electron chi connectivity index (χ0n) is 10.4. The van der Waals surface area contributed by atoms with Gasteiger partial charge in [0.1, 0.15) is 17.0 Å². The molecular formula is C12H12ClFN2O4. The highest BCUT2D eigenvalue weighted by Gasteiger charge is 2.42. The average molecular weight is 303 g/mol. The third-order valence-electron chi connectivity index (χ3n) is 3.48. The van der Waals surface area contributed by atoms with E-state index >= 15 is 0 Å². The largest absolute Gasteiger partial charge is 0.480 e. The smallest absolute Gasteiger partial charge is 0.329 e. The lowest BCUT2D eigenvalue weighted by atomic mass is 9.97. The van der Waals surface area contributed by atoms with Crippen molar-refractivity contribution in [2.45, 2.75) is 31.2 Å². The van der Waals surface area contributed by atoms with Gasteiger partial charge in [-0.2, -0.15) is 0 Å². The lowest BCUT2D eigenvalue weighted by molar-refractivity contribution is -0.384. The summed E-state index contributed by atoms with van der Waals surface area (Å²) in [5.74, 6) is -1.93. The summed E-state index contributed by atoms with van der Waals surface area (Å²) in [6, 6.07) is 1.74. The Kier molecular flexibility index (Phi) is 3.80. The van der Waals surface area contributed by atoms with Crippen LogP contribution >= 0.6 is 11.6 Å². The van der Waals surface area contributed by atoms with E-state index in [0.717, 1.165) is 12.1 Å². The number of anilines is 1. The predicted molar refractivity (Wildman–Crippen MR) is 70.5 cm³/mol. The number of carboxylic acids is 1. The molecule has 0 bridgehead atoms. The minimum atomic E-state index is -1.29. The van der Waals surface area contributed by atoms with Crippen LogP contribution in [0.4, 0.5) is 15.8 Å². The summed E-state index contributed by atoms with van der Waals surface area (Å²) in [5, 5.41) is 22.6. The Morgan fingerprint density at radius 1 is 1.45 bits per heavy atom. The van der Waals surface area contributed by atoms with Crippen LogP contribution in [0, 0.1) is 15.9 Å². The zero-order chi connectivity index (χ0) is 14.9. The molecule has 8 heteroatoms. The fraction of sp³-hybridized carbons (Fsp3) is 0.417. The molecular weight excluding hydrogens is 291 g/mol. The third kappa shape index (κ3) is 2.53. The van der Waals surface area contributed by atoms with Crippen molar-refractivity contribution in [1.29, 1.82) is 0 Å². The number of halogens is 2. The molecule has 0 aromatic heterocycles. The van der Waals surface area contributed by atoms with Crippen molar-refractivity contribution in [1.82, 2.24) is 0 Å². The Bertz CT molecular complexity index is 573. The maximum absolute atomic E-state index is 13.5. The van der Waals surface area contributed by atoms with Gasteiger partial charge in [-0.25, -0.2) is 9.18 Å². The SMILES string of the molecule is O=C(O)C1(Nc2cc(F)c(Cl)cc2[N+](=O)[O-])CCCC1. The summed E-state index contributed by atoms with van der Waals surface area (Å²) in [6.45, 7) is 0. The van der Waals surface area contributed by atoms with Crippen molar-refractivity contribution >= 4 is 28.9 Å². The zero-order valence-corrected chi connectivity index (χ0v) is 11.1. The molecule has 1 fully saturated rings. The summed E-state index contributed by atoms with van der Waals surface area (Å²) in [4.78, 5) is 21.7. The Labute approximate surface area is 118 Å². The second kappa shape index (κ2) is 5.24. The van der Waals surface area contributed by atoms with E-state index < -0.39 is 27.9 Å². The van der Waals surface area contributed by atoms with E-state index in [-0.39, 0.29) is 10.7 Å². The summed E-state index contributed by atoms with van der Waals surface area (Å²) in [6.07, 6.45) is 2.07. The molecule has 1 aromatic rings. The molecule has 0 aliphatic heterocycles. The van der Waals surface area contributed by atoms with Gasteiger partial charge in [-0.15, -0.1) is 0 Å². The van der Waals surface area contributed by atoms with Crippen LogP contribution in [0.25, 0.3) is 0 Å². The van der Waals surface area contributed by atoms with Crippen LogP contribution in [0.1, 0.15) is 25.7 Å². The molecule has 0 spiro atoms. The van der Waals surface area contributed by atoms with Crippen molar-refractivity contribution in [2.75, 3.05) is 5.32 Å². The number of hydrogen-bond acceptors (Lipinski definition) is 4. The highest BCUT2D eigenvalue weighted by Crippen LogP contribution is 2.38. The first-order valence-corrected chi connectivity index (χ1v) is 6.38. The Morgan fingerprint density at radius 2 is 2.05 bits per heavy atom. The van der Waals surface area contributed by atoms with Crippen LogP contribution in [0.3, 0.4) is 0 Å². The highest BCUT2D eigenvalue weighted by molar-refractivity contribution is 6.31. The average Bonchev–Trinajstić information content (AvgIpc) is 2.83. The van der Waals surface area contributed by atoms with Gasteiger partial charge in [0.15, 0.2) is 0 Å². The molecule has 0 unspecified atom stereocenters. The lowest BCUT2D eigenvalue weighted by Crippen LogP contribution is -2.43. The van der Waals surface area contributed by atoms with Crippen LogP contribution in [0.2, 0.25) is 5.02 Å². The van der Waals surface area contributed by atoms with Crippen molar-refractivity contribution in [3.8, 4) is 0 Å². The second-order valence-electron chi connectivity index (χ2n) is 4.76. The number of carbonyl (C=O) groups is 1. The molecule has 1 aliphatic rings. The third-order valence-corrected chi connectivity index (χ3v) is 3.77. The van der Waals surface area contributed by atoms with Crippen molar-refractivity contribution in [3.63, 3.8) is 0 Å². The van der Waals surface area contributed by atoms with Gasteiger partial charge in [-0.05, 0) is 12.8 Å². The summed E-state index contributed by atoms with van der Waals surface area (Å²) in [5.41, 5.74) is -1.89. The second-order valence-corrected chi connectivity index (χ2v) is 5.17. The van der Waals surface area contributed by atoms with E-state index in [9.17, 15) is 24.4 Å². The van der Waals surface area contributed by atoms with E-state index in [1.165, 1.54) is 0 Å². The van der Waals surface area contributed by atoms with E-state index in [4.69, 9.17) is 11.6 Å². The molecule has 0 radical (unpaired) electrons. The van der Waals surface area contributed by atoms with Crippen LogP contribution in [0.5, 0.6) is 0 Å². The molecule has 1 aliphatic carbocycles. The number of aliphatic carboxylic acids is 1. The van der Waals surface area contributed by atoms with Crippen molar-refractivity contribution in [3.05, 3.63) is 33.1 Å². The van der Waals surface area contributed by atoms with Gasteiger partial charge >= 0.3 is 5.97 Å². The molecule has 0 atom stereocenters. The quantitative estimate of drug-likeness (QED) is 0.658. The van der Waals surface area contributed by atoms with Crippen molar-refractivity contribution in [2.24, 2.45) is 0 Å². The minimum absolute atomic E-state index is 0.166. The van der Waals surface area contributed by atoms with Gasteiger partial charge in [-0.3, -0.25) is 10.1 Å². The van der Waals surface area contributed by atoms with Gasteiger partial charge < -0.3 is 10.4 Å². The first kappa shape index (κ1) is 14.5. The van der Waals surface area contributed by atoms with E-state index in [1.807, 2.05) is 0 Å². The summed E-state index contributed by atoms with van der Waals surface area (Å²) < 4.78 is 13.5. The van der Waals surface area contributed by atoms with Crippen LogP contribution in [-0.2, 0) is 4.79 Å². The highest BCUT2D eigenvalue weighted by atomic mass is 35.5. The molecule has 0 saturated heterocycles. The van der Waals surface area contributed by atoms with Gasteiger partial charge in [0.25, 0.3) is 5.69 Å². The fourth-order valence-corrected chi connectivity index (χ4v) is 2.57. The van der Waals surface area contributed by atoms with Gasteiger partial charge in [0.2, 0.25) is 0 Å². The number of nitrogens with one attached hydrogen (secondary N) is 1. The fourth-order valence-electron chi connectivity index (χ4n) is 2.42. The van der Waals surface area contributed by atoms with Crippen LogP contribution in [-0.4, -0.2) is 21.5 Å². The maximum atomic E-state index is 13.5. The predicted octanol–water partition coefficient (Wildman–Crippen LogP) is 3.20. The number of nitrogens with zero attached hydrogens (tertiary/aromatic N) is 1. The molecule has 2 N–H and O–H groups in total. The van der Waals surface area contributed by atoms with Gasteiger partial charge in [-0.1, -0.05) is 24.4 Å². The molecule has 20 heavy (non-hydrogen) atoms. The standard InChI is InChI=1S/C12H12ClFN2O4/c13-7-5-10(16(19)20)9(6-8(7)14)15-12(11(17)18)3-1-2-4-12/h5-6,15H,1-4H2,(H,17,18). The molecule has 0 heterocycles.